The monoisotopic (exact) mass is 280 g/mol. The summed E-state index contributed by atoms with van der Waals surface area (Å²) >= 11 is 0. The maximum atomic E-state index is 11.6. The zero-order chi connectivity index (χ0) is 15.3. The number of aromatic hydroxyl groups is 3. The van der Waals surface area contributed by atoms with E-state index in [1.165, 1.54) is 0 Å². The quantitative estimate of drug-likeness (QED) is 0.318. The number of phenolic OH excluding ortho intramolecular Hbond substituents is 3. The van der Waals surface area contributed by atoms with Crippen molar-refractivity contribution in [2.75, 3.05) is 6.61 Å². The lowest BCUT2D eigenvalue weighted by atomic mass is 10.1. The smallest absolute Gasteiger partial charge is 0.338 e. The van der Waals surface area contributed by atoms with Crippen molar-refractivity contribution in [3.63, 3.8) is 0 Å². The molecule has 3 N–H and O–H groups in total. The van der Waals surface area contributed by atoms with E-state index in [1.807, 2.05) is 0 Å². The summed E-state index contributed by atoms with van der Waals surface area (Å²) in [7, 11) is 0. The van der Waals surface area contributed by atoms with E-state index >= 15 is 0 Å². The van der Waals surface area contributed by atoms with E-state index in [0.717, 1.165) is 12.1 Å². The highest BCUT2D eigenvalue weighted by Gasteiger charge is 2.14. The predicted octanol–water partition coefficient (Wildman–Crippen LogP) is 1.89. The summed E-state index contributed by atoms with van der Waals surface area (Å²) in [5.41, 5.74) is 0.355. The molecule has 0 saturated heterocycles. The number of allylic oxidation sites excluding steroid dienone is 1. The van der Waals surface area contributed by atoms with Gasteiger partial charge in [0.05, 0.1) is 12.2 Å². The Kier molecular flexibility index (Phi) is 5.14. The molecule has 1 rings (SSSR count). The Morgan fingerprint density at radius 3 is 2.25 bits per heavy atom. The largest absolute Gasteiger partial charge is 0.504 e. The lowest BCUT2D eigenvalue weighted by molar-refractivity contribution is -0.115. The molecule has 0 amide bonds. The first-order chi connectivity index (χ1) is 9.32. The molecule has 0 aliphatic rings. The van der Waals surface area contributed by atoms with Crippen molar-refractivity contribution in [2.24, 2.45) is 0 Å². The first-order valence-corrected chi connectivity index (χ1v) is 5.93. The Hall–Kier alpha value is -2.50. The summed E-state index contributed by atoms with van der Waals surface area (Å²) < 4.78 is 4.88. The first kappa shape index (κ1) is 15.6. The minimum Gasteiger partial charge on any atom is -0.504 e. The minimum atomic E-state index is -0.765. The molecule has 0 bridgehead atoms. The van der Waals surface area contributed by atoms with Crippen LogP contribution in [0.4, 0.5) is 0 Å². The normalized spacial score (nSPS) is 10.1. The number of ether oxygens (including phenoxy) is 1. The predicted molar refractivity (Wildman–Crippen MR) is 70.8 cm³/mol. The van der Waals surface area contributed by atoms with Crippen LogP contribution in [0.1, 0.15) is 30.1 Å². The fraction of sp³-hybridized carbons (Fsp3) is 0.286. The van der Waals surface area contributed by atoms with Crippen molar-refractivity contribution in [1.82, 2.24) is 0 Å². The SMILES string of the molecule is C=C(C)C(=O)CCCOC(=O)c1cc(O)c(O)c(O)c1. The van der Waals surface area contributed by atoms with Gasteiger partial charge in [0, 0.05) is 6.42 Å². The molecule has 0 aliphatic carbocycles. The van der Waals surface area contributed by atoms with Crippen LogP contribution in [-0.2, 0) is 9.53 Å². The average Bonchev–Trinajstić information content (AvgIpc) is 2.39. The highest BCUT2D eigenvalue weighted by atomic mass is 16.5. The van der Waals surface area contributed by atoms with Crippen LogP contribution in [0.15, 0.2) is 24.3 Å². The molecule has 20 heavy (non-hydrogen) atoms. The van der Waals surface area contributed by atoms with Gasteiger partial charge in [0.25, 0.3) is 0 Å². The maximum Gasteiger partial charge on any atom is 0.338 e. The van der Waals surface area contributed by atoms with Crippen LogP contribution in [0.25, 0.3) is 0 Å². The van der Waals surface area contributed by atoms with Gasteiger partial charge in [-0.2, -0.15) is 0 Å². The van der Waals surface area contributed by atoms with Crippen LogP contribution in [0, 0.1) is 0 Å². The van der Waals surface area contributed by atoms with Crippen molar-refractivity contribution in [3.8, 4) is 17.2 Å². The van der Waals surface area contributed by atoms with Crippen LogP contribution < -0.4 is 0 Å². The lowest BCUT2D eigenvalue weighted by Crippen LogP contribution is -2.08. The van der Waals surface area contributed by atoms with Gasteiger partial charge in [-0.05, 0) is 31.1 Å². The molecular formula is C14H16O6. The highest BCUT2D eigenvalue weighted by Crippen LogP contribution is 2.35. The van der Waals surface area contributed by atoms with Gasteiger partial charge < -0.3 is 20.1 Å². The van der Waals surface area contributed by atoms with Crippen molar-refractivity contribution in [1.29, 1.82) is 0 Å². The van der Waals surface area contributed by atoms with E-state index in [-0.39, 0.29) is 24.4 Å². The third kappa shape index (κ3) is 4.01. The van der Waals surface area contributed by atoms with E-state index in [2.05, 4.69) is 6.58 Å². The van der Waals surface area contributed by atoms with E-state index in [1.54, 1.807) is 6.92 Å². The van der Waals surface area contributed by atoms with Crippen LogP contribution in [0.5, 0.6) is 17.2 Å². The molecule has 0 heterocycles. The fourth-order valence-electron chi connectivity index (χ4n) is 1.42. The van der Waals surface area contributed by atoms with Crippen LogP contribution in [-0.4, -0.2) is 33.7 Å². The zero-order valence-corrected chi connectivity index (χ0v) is 11.0. The second-order valence-corrected chi connectivity index (χ2v) is 4.31. The van der Waals surface area contributed by atoms with Gasteiger partial charge >= 0.3 is 5.97 Å². The third-order valence-electron chi connectivity index (χ3n) is 2.56. The number of hydrogen-bond acceptors (Lipinski definition) is 6. The molecule has 0 radical (unpaired) electrons. The summed E-state index contributed by atoms with van der Waals surface area (Å²) in [6.07, 6.45) is 0.585. The summed E-state index contributed by atoms with van der Waals surface area (Å²) in [6.45, 7) is 5.14. The van der Waals surface area contributed by atoms with Crippen molar-refractivity contribution < 1.29 is 29.6 Å². The van der Waals surface area contributed by atoms with Gasteiger partial charge in [-0.25, -0.2) is 4.79 Å². The van der Waals surface area contributed by atoms with Gasteiger partial charge in [0.1, 0.15) is 0 Å². The van der Waals surface area contributed by atoms with E-state index < -0.39 is 23.2 Å². The standard InChI is InChI=1S/C14H16O6/c1-8(2)10(15)4-3-5-20-14(19)9-6-11(16)13(18)12(17)7-9/h6-7,16-18H,1,3-5H2,2H3. The Bertz CT molecular complexity index is 524. The fourth-order valence-corrected chi connectivity index (χ4v) is 1.42. The second-order valence-electron chi connectivity index (χ2n) is 4.31. The molecule has 0 aromatic heterocycles. The van der Waals surface area contributed by atoms with Crippen molar-refractivity contribution >= 4 is 11.8 Å². The minimum absolute atomic E-state index is 0.0280. The van der Waals surface area contributed by atoms with E-state index in [9.17, 15) is 19.8 Å². The van der Waals surface area contributed by atoms with Crippen LogP contribution >= 0.6 is 0 Å². The molecule has 0 fully saturated rings. The Labute approximate surface area is 115 Å². The zero-order valence-electron chi connectivity index (χ0n) is 11.0. The average molecular weight is 280 g/mol. The molecule has 6 nitrogen and oxygen atoms in total. The summed E-state index contributed by atoms with van der Waals surface area (Å²) in [5.74, 6) is -2.79. The second kappa shape index (κ2) is 6.60. The van der Waals surface area contributed by atoms with Gasteiger partial charge in [0.2, 0.25) is 0 Å². The number of carbonyl (C=O) groups is 2. The third-order valence-corrected chi connectivity index (χ3v) is 2.56. The number of hydrogen-bond donors (Lipinski definition) is 3. The van der Waals surface area contributed by atoms with Crippen LogP contribution in [0.3, 0.4) is 0 Å². The topological polar surface area (TPSA) is 104 Å². The van der Waals surface area contributed by atoms with E-state index in [4.69, 9.17) is 9.84 Å². The number of ketones is 1. The molecule has 0 atom stereocenters. The number of benzene rings is 1. The Morgan fingerprint density at radius 1 is 1.20 bits per heavy atom. The summed E-state index contributed by atoms with van der Waals surface area (Å²) in [5, 5.41) is 27.7. The molecule has 0 unspecified atom stereocenters. The van der Waals surface area contributed by atoms with Gasteiger partial charge in [-0.3, -0.25) is 4.79 Å². The van der Waals surface area contributed by atoms with Crippen molar-refractivity contribution in [3.05, 3.63) is 29.8 Å². The molecule has 0 aliphatic heterocycles. The van der Waals surface area contributed by atoms with Crippen LogP contribution in [0.2, 0.25) is 0 Å². The number of carbonyl (C=O) groups excluding carboxylic acids is 2. The van der Waals surface area contributed by atoms with Crippen molar-refractivity contribution in [2.45, 2.75) is 19.8 Å². The summed E-state index contributed by atoms with van der Waals surface area (Å²) in [4.78, 5) is 22.9. The number of rotatable bonds is 6. The number of Topliss-reactive ketones (excluding diaryl/α,β-unsaturated/α-hetero) is 1. The summed E-state index contributed by atoms with van der Waals surface area (Å²) in [6, 6.07) is 1.97. The Morgan fingerprint density at radius 2 is 1.75 bits per heavy atom. The van der Waals surface area contributed by atoms with Gasteiger partial charge in [-0.1, -0.05) is 6.58 Å². The van der Waals surface area contributed by atoms with E-state index in [0.29, 0.717) is 12.0 Å². The van der Waals surface area contributed by atoms with Gasteiger partial charge in [-0.15, -0.1) is 0 Å². The number of phenols is 3. The molecule has 6 heteroatoms. The highest BCUT2D eigenvalue weighted by molar-refractivity contribution is 5.94. The maximum absolute atomic E-state index is 11.6. The molecule has 1 aromatic carbocycles. The molecule has 1 aromatic rings. The lowest BCUT2D eigenvalue weighted by Gasteiger charge is -2.07. The molecule has 0 spiro atoms. The molecule has 108 valence electrons. The Balaban J connectivity index is 2.52. The first-order valence-electron chi connectivity index (χ1n) is 5.93. The molecule has 0 saturated carbocycles. The molecular weight excluding hydrogens is 264 g/mol. The van der Waals surface area contributed by atoms with Gasteiger partial charge in [0.15, 0.2) is 23.0 Å². The number of esters is 1.